The summed E-state index contributed by atoms with van der Waals surface area (Å²) in [7, 11) is 1.96. The van der Waals surface area contributed by atoms with E-state index in [4.69, 9.17) is 11.5 Å². The fourth-order valence-corrected chi connectivity index (χ4v) is 7.58. The van der Waals surface area contributed by atoms with Crippen molar-refractivity contribution >= 4 is 17.8 Å². The minimum absolute atomic E-state index is 0.0686. The van der Waals surface area contributed by atoms with Crippen LogP contribution in [-0.4, -0.2) is 35.8 Å². The highest BCUT2D eigenvalue weighted by Gasteiger charge is 2.60. The van der Waals surface area contributed by atoms with Gasteiger partial charge in [0.05, 0.1) is 0 Å². The van der Waals surface area contributed by atoms with Crippen LogP contribution >= 0.6 is 0 Å². The molecule has 6 heteroatoms. The molecule has 0 bridgehead atoms. The molecule has 0 aromatic carbocycles. The van der Waals surface area contributed by atoms with Gasteiger partial charge in [-0.1, -0.05) is 19.9 Å². The zero-order chi connectivity index (χ0) is 20.3. The highest BCUT2D eigenvalue weighted by molar-refractivity contribution is 5.91. The topological polar surface area (TPSA) is 102 Å². The molecule has 0 aromatic rings. The Morgan fingerprint density at radius 1 is 1.18 bits per heavy atom. The molecule has 3 aliphatic carbocycles. The molecule has 6 nitrogen and oxygen atoms in total. The van der Waals surface area contributed by atoms with Crippen LogP contribution in [0.25, 0.3) is 0 Å². The number of hydrogen-bond acceptors (Lipinski definition) is 2. The van der Waals surface area contributed by atoms with Crippen molar-refractivity contribution in [1.82, 2.24) is 4.90 Å². The predicted octanol–water partition coefficient (Wildman–Crippen LogP) is 2.43. The zero-order valence-electron chi connectivity index (χ0n) is 17.4. The monoisotopic (exact) mass is 386 g/mol. The van der Waals surface area contributed by atoms with Crippen LogP contribution in [0.4, 0.5) is 0 Å². The summed E-state index contributed by atoms with van der Waals surface area (Å²) in [6.07, 6.45) is 11.3. The highest BCUT2D eigenvalue weighted by atomic mass is 16.2. The third-order valence-corrected chi connectivity index (χ3v) is 9.00. The molecule has 4 aliphatic rings. The van der Waals surface area contributed by atoms with Crippen LogP contribution in [-0.2, 0) is 9.59 Å². The van der Waals surface area contributed by atoms with Crippen LogP contribution in [0.1, 0.15) is 58.8 Å². The summed E-state index contributed by atoms with van der Waals surface area (Å²) >= 11 is 0. The quantitative estimate of drug-likeness (QED) is 0.562. The molecule has 0 aromatic heterocycles. The van der Waals surface area contributed by atoms with Crippen molar-refractivity contribution in [3.05, 3.63) is 12.2 Å². The van der Waals surface area contributed by atoms with Crippen molar-refractivity contribution < 1.29 is 9.59 Å². The van der Waals surface area contributed by atoms with Gasteiger partial charge in [0, 0.05) is 24.9 Å². The summed E-state index contributed by atoms with van der Waals surface area (Å²) < 4.78 is 0. The lowest BCUT2D eigenvalue weighted by molar-refractivity contribution is -0.139. The number of nitrogens with two attached hydrogens (primary N) is 2. The molecule has 3 saturated carbocycles. The smallest absolute Gasteiger partial charge is 0.249 e. The van der Waals surface area contributed by atoms with Crippen molar-refractivity contribution in [2.24, 2.45) is 51.0 Å². The maximum Gasteiger partial charge on any atom is 0.249 e. The van der Waals surface area contributed by atoms with Gasteiger partial charge < -0.3 is 16.4 Å². The van der Waals surface area contributed by atoms with E-state index in [0.717, 1.165) is 19.3 Å². The van der Waals surface area contributed by atoms with Crippen molar-refractivity contribution in [1.29, 1.82) is 0 Å². The van der Waals surface area contributed by atoms with Gasteiger partial charge in [-0.3, -0.25) is 9.59 Å². The molecule has 0 unspecified atom stereocenters. The molecule has 154 valence electrons. The number of aliphatic imine (C=N–C) groups is 1. The van der Waals surface area contributed by atoms with E-state index in [0.29, 0.717) is 36.1 Å². The molecule has 1 aliphatic heterocycles. The summed E-state index contributed by atoms with van der Waals surface area (Å²) in [5, 5.41) is 0. The molecule has 0 radical (unpaired) electrons. The fourth-order valence-electron chi connectivity index (χ4n) is 7.58. The molecule has 0 spiro atoms. The minimum atomic E-state index is -0.181. The lowest BCUT2D eigenvalue weighted by Crippen LogP contribution is -2.59. The summed E-state index contributed by atoms with van der Waals surface area (Å²) in [6.45, 7) is 4.76. The largest absolute Gasteiger partial charge is 0.370 e. The van der Waals surface area contributed by atoms with E-state index < -0.39 is 0 Å². The number of rotatable bonds is 2. The van der Waals surface area contributed by atoms with Crippen molar-refractivity contribution in [2.75, 3.05) is 7.05 Å². The van der Waals surface area contributed by atoms with Crippen LogP contribution in [0.3, 0.4) is 0 Å². The van der Waals surface area contributed by atoms with Gasteiger partial charge in [0.1, 0.15) is 0 Å². The first-order valence-corrected chi connectivity index (χ1v) is 10.8. The first kappa shape index (κ1) is 19.5. The fraction of sp³-hybridized carbons (Fsp3) is 0.773. The Bertz CT molecular complexity index is 743. The number of guanidine groups is 1. The van der Waals surface area contributed by atoms with E-state index >= 15 is 0 Å². The molecule has 2 amide bonds. The number of fused-ring (bicyclic) bond motifs is 5. The normalized spacial score (nSPS) is 44.5. The molecule has 1 heterocycles. The van der Waals surface area contributed by atoms with Crippen LogP contribution in [0.15, 0.2) is 17.1 Å². The van der Waals surface area contributed by atoms with Gasteiger partial charge in [0.15, 0.2) is 5.96 Å². The number of amides is 2. The van der Waals surface area contributed by atoms with Crippen molar-refractivity contribution in [3.8, 4) is 0 Å². The average Bonchev–Trinajstić information content (AvgIpc) is 2.94. The number of likely N-dealkylation sites (N-methyl/N-ethyl adjacent to an activating group) is 1. The Labute approximate surface area is 167 Å². The van der Waals surface area contributed by atoms with E-state index in [1.54, 1.807) is 6.08 Å². The molecule has 7 atom stereocenters. The standard InChI is InChI=1S/C22H34N4O2/c1-21-10-8-16-14(5-7-17-22(16,2)11-9-19(28)26(17)3)15(21)6-4-13(21)12-18(27)25-20(23)24/h9,11,13-17H,4-8,10,12H2,1-3H3,(H4,23,24,25,27)/t13-,14+,15+,16+,17-,21-,22-/m1/s1. The van der Waals surface area contributed by atoms with E-state index in [2.05, 4.69) is 24.9 Å². The number of carbonyl (C=O) groups excluding carboxylic acids is 2. The summed E-state index contributed by atoms with van der Waals surface area (Å²) in [5.74, 6) is 2.13. The lowest BCUT2D eigenvalue weighted by atomic mass is 9.47. The van der Waals surface area contributed by atoms with E-state index in [1.165, 1.54) is 19.3 Å². The number of hydrogen-bond donors (Lipinski definition) is 2. The Morgan fingerprint density at radius 2 is 1.93 bits per heavy atom. The van der Waals surface area contributed by atoms with Crippen LogP contribution in [0.5, 0.6) is 0 Å². The average molecular weight is 387 g/mol. The molecule has 4 N–H and O–H groups in total. The van der Waals surface area contributed by atoms with Crippen LogP contribution in [0, 0.1) is 34.5 Å². The maximum absolute atomic E-state index is 12.2. The lowest BCUT2D eigenvalue weighted by Gasteiger charge is -2.60. The second-order valence-electron chi connectivity index (χ2n) is 10.1. The van der Waals surface area contributed by atoms with E-state index in [-0.39, 0.29) is 28.6 Å². The molecule has 4 rings (SSSR count). The second-order valence-corrected chi connectivity index (χ2v) is 10.1. The van der Waals surface area contributed by atoms with Crippen molar-refractivity contribution in [2.45, 2.75) is 64.8 Å². The summed E-state index contributed by atoms with van der Waals surface area (Å²) in [6, 6.07) is 0.316. The Balaban J connectivity index is 1.57. The van der Waals surface area contributed by atoms with Gasteiger partial charge in [0.25, 0.3) is 0 Å². The third kappa shape index (κ3) is 2.79. The molecular weight excluding hydrogens is 352 g/mol. The van der Waals surface area contributed by atoms with Gasteiger partial charge in [0.2, 0.25) is 11.8 Å². The van der Waals surface area contributed by atoms with Gasteiger partial charge in [-0.05, 0) is 73.7 Å². The number of carbonyl (C=O) groups is 2. The summed E-state index contributed by atoms with van der Waals surface area (Å²) in [5.41, 5.74) is 11.0. The first-order chi connectivity index (χ1) is 13.2. The first-order valence-electron chi connectivity index (χ1n) is 10.8. The van der Waals surface area contributed by atoms with Crippen LogP contribution < -0.4 is 11.5 Å². The third-order valence-electron chi connectivity index (χ3n) is 9.00. The minimum Gasteiger partial charge on any atom is -0.370 e. The van der Waals surface area contributed by atoms with Gasteiger partial charge in [-0.15, -0.1) is 0 Å². The van der Waals surface area contributed by atoms with E-state index in [1.807, 2.05) is 11.9 Å². The SMILES string of the molecule is CN1C(=O)C=C[C@]2(C)[C@H]3CC[C@]4(C)[C@@H](CC(=O)N=C(N)N)CC[C@H]4[C@@H]3CC[C@@H]12. The Morgan fingerprint density at radius 3 is 2.64 bits per heavy atom. The maximum atomic E-state index is 12.2. The molecule has 3 fully saturated rings. The van der Waals surface area contributed by atoms with Crippen LogP contribution in [0.2, 0.25) is 0 Å². The highest BCUT2D eigenvalue weighted by Crippen LogP contribution is 2.65. The molecular formula is C22H34N4O2. The molecule has 0 saturated heterocycles. The Hall–Kier alpha value is -1.85. The van der Waals surface area contributed by atoms with Gasteiger partial charge in [-0.25, -0.2) is 0 Å². The zero-order valence-corrected chi connectivity index (χ0v) is 17.4. The Kier molecular flexibility index (Phi) is 4.59. The van der Waals surface area contributed by atoms with Crippen molar-refractivity contribution in [3.63, 3.8) is 0 Å². The second kappa shape index (κ2) is 6.60. The molecule has 28 heavy (non-hydrogen) atoms. The predicted molar refractivity (Wildman–Crippen MR) is 109 cm³/mol. The number of nitrogens with zero attached hydrogens (tertiary/aromatic N) is 2. The van der Waals surface area contributed by atoms with Gasteiger partial charge in [-0.2, -0.15) is 4.99 Å². The van der Waals surface area contributed by atoms with Gasteiger partial charge >= 0.3 is 0 Å². The summed E-state index contributed by atoms with van der Waals surface area (Å²) in [4.78, 5) is 30.1. The van der Waals surface area contributed by atoms with E-state index in [9.17, 15) is 9.59 Å².